The summed E-state index contributed by atoms with van der Waals surface area (Å²) >= 11 is 3.25. The van der Waals surface area contributed by atoms with Crippen molar-refractivity contribution in [2.45, 2.75) is 57.0 Å². The molecule has 0 saturated carbocycles. The Morgan fingerprint density at radius 1 is 1.08 bits per heavy atom. The van der Waals surface area contributed by atoms with Crippen LogP contribution in [-0.4, -0.2) is 32.7 Å². The lowest BCUT2D eigenvalue weighted by Crippen LogP contribution is -2.26. The van der Waals surface area contributed by atoms with Crippen LogP contribution in [-0.2, 0) is 24.3 Å². The van der Waals surface area contributed by atoms with Crippen LogP contribution in [0.2, 0.25) is 0 Å². The lowest BCUT2D eigenvalue weighted by Gasteiger charge is -2.18. The van der Waals surface area contributed by atoms with Crippen molar-refractivity contribution >= 4 is 38.1 Å². The molecule has 0 bridgehead atoms. The number of hydrogen-bond donors (Lipinski definition) is 1. The molecule has 1 rings (SSSR count). The molecule has 0 aliphatic heterocycles. The average molecular weight is 450 g/mol. The molecular weight excluding hydrogens is 426 g/mol. The van der Waals surface area contributed by atoms with Gasteiger partial charge in [-0.05, 0) is 57.9 Å². The van der Waals surface area contributed by atoms with Crippen LogP contribution in [0.5, 0.6) is 0 Å². The number of carbonyl (C=O) groups excluding carboxylic acids is 2. The molecule has 1 aromatic rings. The topological polar surface area (TPSA) is 98.8 Å². The van der Waals surface area contributed by atoms with E-state index in [1.165, 1.54) is 12.1 Å². The van der Waals surface area contributed by atoms with Crippen LogP contribution in [0.1, 0.15) is 46.5 Å². The fraction of sp³-hybridized carbons (Fsp3) is 0.529. The highest BCUT2D eigenvalue weighted by atomic mass is 79.9. The van der Waals surface area contributed by atoms with Gasteiger partial charge in [0.05, 0.1) is 4.90 Å². The van der Waals surface area contributed by atoms with Gasteiger partial charge in [-0.2, -0.15) is 0 Å². The fourth-order valence-electron chi connectivity index (χ4n) is 1.89. The number of carbonyl (C=O) groups is 2. The van der Waals surface area contributed by atoms with Gasteiger partial charge in [-0.1, -0.05) is 22.4 Å². The second-order valence-electron chi connectivity index (χ2n) is 6.60. The van der Waals surface area contributed by atoms with Crippen molar-refractivity contribution in [2.75, 3.05) is 6.54 Å². The molecule has 0 fully saturated rings. The monoisotopic (exact) mass is 449 g/mol. The average Bonchev–Trinajstić information content (AvgIpc) is 2.49. The molecule has 0 aromatic heterocycles. The molecule has 0 spiro atoms. The standard InChI is InChI=1S/C17H24BrNO6S/c1-17(2,3)25-16(21)24-15(20)7-5-4-6-12-19-26(22,23)14-10-8-13(18)9-11-14/h8-11,19H,4-7,12H2,1-3H3. The molecule has 0 heterocycles. The maximum absolute atomic E-state index is 12.1. The highest BCUT2D eigenvalue weighted by Gasteiger charge is 2.20. The van der Waals surface area contributed by atoms with Crippen molar-refractivity contribution in [3.05, 3.63) is 28.7 Å². The van der Waals surface area contributed by atoms with Gasteiger partial charge in [-0.25, -0.2) is 17.9 Å². The summed E-state index contributed by atoms with van der Waals surface area (Å²) in [5.74, 6) is -0.658. The number of rotatable bonds is 8. The summed E-state index contributed by atoms with van der Waals surface area (Å²) in [6, 6.07) is 6.34. The minimum absolute atomic E-state index is 0.0682. The van der Waals surface area contributed by atoms with Gasteiger partial charge in [-0.3, -0.25) is 4.79 Å². The second kappa shape index (κ2) is 10.0. The van der Waals surface area contributed by atoms with E-state index in [0.717, 1.165) is 4.47 Å². The summed E-state index contributed by atoms with van der Waals surface area (Å²) in [6.07, 6.45) is 0.729. The molecule has 0 saturated heterocycles. The predicted molar refractivity (Wildman–Crippen MR) is 100 cm³/mol. The molecule has 9 heteroatoms. The first-order chi connectivity index (χ1) is 12.0. The van der Waals surface area contributed by atoms with Crippen molar-refractivity contribution < 1.29 is 27.5 Å². The highest BCUT2D eigenvalue weighted by molar-refractivity contribution is 9.10. The van der Waals surface area contributed by atoms with E-state index < -0.39 is 27.7 Å². The van der Waals surface area contributed by atoms with Crippen molar-refractivity contribution in [1.82, 2.24) is 4.72 Å². The molecule has 0 atom stereocenters. The van der Waals surface area contributed by atoms with Gasteiger partial charge < -0.3 is 9.47 Å². The zero-order valence-corrected chi connectivity index (χ0v) is 17.5. The van der Waals surface area contributed by atoms with Gasteiger partial charge in [0.1, 0.15) is 5.60 Å². The first kappa shape index (κ1) is 22.6. The normalized spacial score (nSPS) is 11.8. The molecule has 1 aromatic carbocycles. The third kappa shape index (κ3) is 9.30. The number of hydrogen-bond acceptors (Lipinski definition) is 6. The first-order valence-corrected chi connectivity index (χ1v) is 10.5. The Bertz CT molecular complexity index is 710. The molecular formula is C17H24BrNO6S. The summed E-state index contributed by atoms with van der Waals surface area (Å²) < 4.78 is 36.9. The van der Waals surface area contributed by atoms with Gasteiger partial charge in [0.2, 0.25) is 10.0 Å². The van der Waals surface area contributed by atoms with Gasteiger partial charge >= 0.3 is 12.1 Å². The van der Waals surface area contributed by atoms with Crippen LogP contribution in [0.3, 0.4) is 0 Å². The van der Waals surface area contributed by atoms with Gasteiger partial charge in [-0.15, -0.1) is 0 Å². The van der Waals surface area contributed by atoms with Crippen LogP contribution in [0.4, 0.5) is 4.79 Å². The smallest absolute Gasteiger partial charge is 0.428 e. The van der Waals surface area contributed by atoms with E-state index in [4.69, 9.17) is 4.74 Å². The van der Waals surface area contributed by atoms with Crippen molar-refractivity contribution in [3.63, 3.8) is 0 Å². The third-order valence-corrected chi connectivity index (χ3v) is 5.07. The van der Waals surface area contributed by atoms with Gasteiger partial charge in [0, 0.05) is 17.4 Å². The molecule has 0 aliphatic rings. The largest absolute Gasteiger partial charge is 0.516 e. The van der Waals surface area contributed by atoms with Crippen molar-refractivity contribution in [2.24, 2.45) is 0 Å². The van der Waals surface area contributed by atoms with E-state index in [9.17, 15) is 18.0 Å². The van der Waals surface area contributed by atoms with E-state index in [-0.39, 0.29) is 17.9 Å². The summed E-state index contributed by atoms with van der Waals surface area (Å²) in [7, 11) is -3.54. The van der Waals surface area contributed by atoms with Gasteiger partial charge in [0.25, 0.3) is 0 Å². The van der Waals surface area contributed by atoms with E-state index in [2.05, 4.69) is 25.4 Å². The third-order valence-electron chi connectivity index (χ3n) is 3.06. The molecule has 7 nitrogen and oxygen atoms in total. The van der Waals surface area contributed by atoms with Gasteiger partial charge in [0.15, 0.2) is 0 Å². The number of halogens is 1. The lowest BCUT2D eigenvalue weighted by atomic mass is 10.2. The second-order valence-corrected chi connectivity index (χ2v) is 9.28. The molecule has 0 amide bonds. The Balaban J connectivity index is 2.21. The van der Waals surface area contributed by atoms with Crippen LogP contribution >= 0.6 is 15.9 Å². The van der Waals surface area contributed by atoms with E-state index >= 15 is 0 Å². The Labute approximate surface area is 162 Å². The first-order valence-electron chi connectivity index (χ1n) is 8.18. The molecule has 0 radical (unpaired) electrons. The Kier molecular flexibility index (Phi) is 8.72. The maximum Gasteiger partial charge on any atom is 0.516 e. The van der Waals surface area contributed by atoms with Crippen LogP contribution in [0, 0.1) is 0 Å². The SMILES string of the molecule is CC(C)(C)OC(=O)OC(=O)CCCCCNS(=O)(=O)c1ccc(Br)cc1. The molecule has 146 valence electrons. The van der Waals surface area contributed by atoms with Crippen molar-refractivity contribution in [3.8, 4) is 0 Å². The lowest BCUT2D eigenvalue weighted by molar-refractivity contribution is -0.141. The predicted octanol–water partition coefficient (Wildman–Crippen LogP) is 3.77. The fourth-order valence-corrected chi connectivity index (χ4v) is 3.23. The molecule has 1 N–H and O–H groups in total. The van der Waals surface area contributed by atoms with Crippen molar-refractivity contribution in [1.29, 1.82) is 0 Å². The minimum atomic E-state index is -3.54. The number of unbranched alkanes of at least 4 members (excludes halogenated alkanes) is 2. The Morgan fingerprint density at radius 2 is 1.69 bits per heavy atom. The number of sulfonamides is 1. The summed E-state index contributed by atoms with van der Waals surface area (Å²) in [6.45, 7) is 5.29. The quantitative estimate of drug-likeness (QED) is 0.368. The number of nitrogens with one attached hydrogen (secondary N) is 1. The summed E-state index contributed by atoms with van der Waals surface area (Å²) in [5.41, 5.74) is -0.719. The van der Waals surface area contributed by atoms with E-state index in [1.54, 1.807) is 32.9 Å². The summed E-state index contributed by atoms with van der Waals surface area (Å²) in [4.78, 5) is 23.0. The van der Waals surface area contributed by atoms with Crippen LogP contribution < -0.4 is 4.72 Å². The van der Waals surface area contributed by atoms with E-state index in [1.807, 2.05) is 0 Å². The summed E-state index contributed by atoms with van der Waals surface area (Å²) in [5, 5.41) is 0. The zero-order chi connectivity index (χ0) is 19.8. The number of ether oxygens (including phenoxy) is 2. The minimum Gasteiger partial charge on any atom is -0.428 e. The van der Waals surface area contributed by atoms with E-state index in [0.29, 0.717) is 19.3 Å². The zero-order valence-electron chi connectivity index (χ0n) is 15.1. The maximum atomic E-state index is 12.1. The van der Waals surface area contributed by atoms with Crippen LogP contribution in [0.15, 0.2) is 33.6 Å². The molecule has 0 aliphatic carbocycles. The Morgan fingerprint density at radius 3 is 2.27 bits per heavy atom. The number of esters is 1. The molecule has 26 heavy (non-hydrogen) atoms. The highest BCUT2D eigenvalue weighted by Crippen LogP contribution is 2.14. The number of benzene rings is 1. The van der Waals surface area contributed by atoms with Crippen LogP contribution in [0.25, 0.3) is 0 Å². The molecule has 0 unspecified atom stereocenters. The Hall–Kier alpha value is -1.45.